The number of alkyl halides is 3. The Bertz CT molecular complexity index is 841. The summed E-state index contributed by atoms with van der Waals surface area (Å²) in [6.45, 7) is 3.01. The summed E-state index contributed by atoms with van der Waals surface area (Å²) >= 11 is 0. The zero-order chi connectivity index (χ0) is 20.9. The van der Waals surface area contributed by atoms with Crippen LogP contribution in [-0.2, 0) is 6.18 Å². The predicted molar refractivity (Wildman–Crippen MR) is 103 cm³/mol. The number of hydrogen-bond acceptors (Lipinski definition) is 5. The number of ether oxygens (including phenoxy) is 1. The molecule has 29 heavy (non-hydrogen) atoms. The van der Waals surface area contributed by atoms with Gasteiger partial charge in [0.15, 0.2) is 0 Å². The van der Waals surface area contributed by atoms with Crippen LogP contribution in [0.4, 0.5) is 18.9 Å². The second kappa shape index (κ2) is 9.16. The van der Waals surface area contributed by atoms with Crippen molar-refractivity contribution in [2.45, 2.75) is 12.3 Å². The van der Waals surface area contributed by atoms with E-state index in [2.05, 4.69) is 4.90 Å². The molecular weight excluding hydrogens is 383 g/mol. The van der Waals surface area contributed by atoms with Crippen LogP contribution in [0.5, 0.6) is 5.75 Å². The fourth-order valence-electron chi connectivity index (χ4n) is 3.24. The third-order valence-corrected chi connectivity index (χ3v) is 4.81. The first-order valence-electron chi connectivity index (χ1n) is 9.31. The normalized spacial score (nSPS) is 16.3. The van der Waals surface area contributed by atoms with Crippen molar-refractivity contribution >= 4 is 5.69 Å². The lowest BCUT2D eigenvalue weighted by molar-refractivity contribution is -0.137. The van der Waals surface area contributed by atoms with Gasteiger partial charge in [-0.05, 0) is 42.5 Å². The molecule has 2 aromatic carbocycles. The lowest BCUT2D eigenvalue weighted by Crippen LogP contribution is -2.49. The number of benzene rings is 2. The third-order valence-electron chi connectivity index (χ3n) is 4.81. The van der Waals surface area contributed by atoms with Crippen LogP contribution < -0.4 is 9.64 Å². The summed E-state index contributed by atoms with van der Waals surface area (Å²) in [6, 6.07) is 14.0. The van der Waals surface area contributed by atoms with Crippen molar-refractivity contribution in [2.24, 2.45) is 0 Å². The predicted octanol–water partition coefficient (Wildman–Crippen LogP) is 3.14. The van der Waals surface area contributed by atoms with E-state index in [1.165, 1.54) is 12.1 Å². The number of piperazine rings is 1. The minimum Gasteiger partial charge on any atom is -0.491 e. The SMILES string of the molecule is N#Cc1ccc(OC[C@@H](O)CN2CCN(c3cccc(C(F)(F)F)c3)CC2)cc1. The fraction of sp³-hybridized carbons (Fsp3) is 0.381. The van der Waals surface area contributed by atoms with Crippen LogP contribution >= 0.6 is 0 Å². The summed E-state index contributed by atoms with van der Waals surface area (Å²) in [6.07, 6.45) is -5.04. The monoisotopic (exact) mass is 405 g/mol. The molecule has 1 N–H and O–H groups in total. The quantitative estimate of drug-likeness (QED) is 0.800. The molecule has 0 bridgehead atoms. The Balaban J connectivity index is 1.45. The molecule has 8 heteroatoms. The first-order chi connectivity index (χ1) is 13.8. The van der Waals surface area contributed by atoms with E-state index in [9.17, 15) is 18.3 Å². The van der Waals surface area contributed by atoms with Gasteiger partial charge in [0.2, 0.25) is 0 Å². The molecule has 0 radical (unpaired) electrons. The van der Waals surface area contributed by atoms with Crippen LogP contribution in [-0.4, -0.2) is 55.4 Å². The second-order valence-corrected chi connectivity index (χ2v) is 6.94. The van der Waals surface area contributed by atoms with Crippen molar-refractivity contribution in [3.8, 4) is 11.8 Å². The van der Waals surface area contributed by atoms with Gasteiger partial charge in [0, 0.05) is 38.4 Å². The molecular formula is C21H22F3N3O2. The highest BCUT2D eigenvalue weighted by Gasteiger charge is 2.31. The van der Waals surface area contributed by atoms with Crippen LogP contribution in [0.25, 0.3) is 0 Å². The molecule has 1 aliphatic heterocycles. The lowest BCUT2D eigenvalue weighted by atomic mass is 10.1. The van der Waals surface area contributed by atoms with Crippen LogP contribution in [0.3, 0.4) is 0 Å². The van der Waals surface area contributed by atoms with Gasteiger partial charge in [-0.3, -0.25) is 4.90 Å². The average molecular weight is 405 g/mol. The number of halogens is 3. The molecule has 0 saturated carbocycles. The Hall–Kier alpha value is -2.76. The molecule has 0 aromatic heterocycles. The Morgan fingerprint density at radius 3 is 2.38 bits per heavy atom. The molecule has 5 nitrogen and oxygen atoms in total. The summed E-state index contributed by atoms with van der Waals surface area (Å²) in [5.74, 6) is 0.581. The number of aliphatic hydroxyl groups is 1. The van der Waals surface area contributed by atoms with Gasteiger partial charge in [-0.2, -0.15) is 18.4 Å². The van der Waals surface area contributed by atoms with Crippen LogP contribution in [0.15, 0.2) is 48.5 Å². The Labute approximate surface area is 167 Å². The number of nitriles is 1. The number of nitrogens with zero attached hydrogens (tertiary/aromatic N) is 3. The van der Waals surface area contributed by atoms with Gasteiger partial charge >= 0.3 is 6.18 Å². The number of aliphatic hydroxyl groups excluding tert-OH is 1. The molecule has 1 aliphatic rings. The topological polar surface area (TPSA) is 59.7 Å². The molecule has 154 valence electrons. The van der Waals surface area contributed by atoms with Crippen molar-refractivity contribution in [3.05, 3.63) is 59.7 Å². The maximum atomic E-state index is 12.9. The molecule has 0 spiro atoms. The maximum Gasteiger partial charge on any atom is 0.416 e. The molecule has 1 fully saturated rings. The molecule has 3 rings (SSSR count). The van der Waals surface area contributed by atoms with E-state index < -0.39 is 17.8 Å². The van der Waals surface area contributed by atoms with Gasteiger partial charge < -0.3 is 14.7 Å². The smallest absolute Gasteiger partial charge is 0.416 e. The largest absolute Gasteiger partial charge is 0.491 e. The zero-order valence-electron chi connectivity index (χ0n) is 15.8. The van der Waals surface area contributed by atoms with Gasteiger partial charge in [0.05, 0.1) is 17.2 Å². The summed E-state index contributed by atoms with van der Waals surface area (Å²) in [5, 5.41) is 19.0. The standard InChI is InChI=1S/C21H22F3N3O2/c22-21(23,24)17-2-1-3-18(12-17)27-10-8-26(9-11-27)14-19(28)15-29-20-6-4-16(13-25)5-7-20/h1-7,12,19,28H,8-11,14-15H2/t19-/m0/s1. The summed E-state index contributed by atoms with van der Waals surface area (Å²) in [7, 11) is 0. The van der Waals surface area contributed by atoms with Crippen molar-refractivity contribution in [1.29, 1.82) is 5.26 Å². The molecule has 1 atom stereocenters. The highest BCUT2D eigenvalue weighted by atomic mass is 19.4. The number of hydrogen-bond donors (Lipinski definition) is 1. The van der Waals surface area contributed by atoms with Gasteiger partial charge in [0.25, 0.3) is 0 Å². The minimum absolute atomic E-state index is 0.125. The van der Waals surface area contributed by atoms with E-state index in [-0.39, 0.29) is 6.61 Å². The Morgan fingerprint density at radius 2 is 1.76 bits per heavy atom. The van der Waals surface area contributed by atoms with E-state index in [0.717, 1.165) is 6.07 Å². The Morgan fingerprint density at radius 1 is 1.07 bits per heavy atom. The van der Waals surface area contributed by atoms with Crippen molar-refractivity contribution in [2.75, 3.05) is 44.2 Å². The van der Waals surface area contributed by atoms with Crippen LogP contribution in [0, 0.1) is 11.3 Å². The van der Waals surface area contributed by atoms with E-state index in [1.54, 1.807) is 30.3 Å². The molecule has 0 aliphatic carbocycles. The van der Waals surface area contributed by atoms with Gasteiger partial charge in [-0.1, -0.05) is 6.07 Å². The number of β-amino-alcohol motifs (C(OH)–C–C–N with tert-alkyl or cyclic N) is 1. The molecule has 1 saturated heterocycles. The van der Waals surface area contributed by atoms with E-state index >= 15 is 0 Å². The molecule has 0 unspecified atom stereocenters. The highest BCUT2D eigenvalue weighted by molar-refractivity contribution is 5.49. The van der Waals surface area contributed by atoms with Crippen molar-refractivity contribution in [1.82, 2.24) is 4.90 Å². The van der Waals surface area contributed by atoms with Crippen LogP contribution in [0.2, 0.25) is 0 Å². The highest BCUT2D eigenvalue weighted by Crippen LogP contribution is 2.31. The van der Waals surface area contributed by atoms with Gasteiger partial charge in [-0.25, -0.2) is 0 Å². The number of rotatable bonds is 6. The zero-order valence-corrected chi connectivity index (χ0v) is 15.8. The van der Waals surface area contributed by atoms with Crippen molar-refractivity contribution < 1.29 is 23.0 Å². The van der Waals surface area contributed by atoms with Gasteiger partial charge in [-0.15, -0.1) is 0 Å². The van der Waals surface area contributed by atoms with E-state index in [1.807, 2.05) is 11.0 Å². The lowest BCUT2D eigenvalue weighted by Gasteiger charge is -2.37. The summed E-state index contributed by atoms with van der Waals surface area (Å²) in [5.41, 5.74) is 0.452. The first-order valence-corrected chi connectivity index (χ1v) is 9.31. The minimum atomic E-state index is -4.35. The number of anilines is 1. The van der Waals surface area contributed by atoms with E-state index in [0.29, 0.717) is 49.7 Å². The first kappa shape index (κ1) is 21.0. The molecule has 1 heterocycles. The second-order valence-electron chi connectivity index (χ2n) is 6.94. The Kier molecular flexibility index (Phi) is 6.62. The van der Waals surface area contributed by atoms with Crippen LogP contribution in [0.1, 0.15) is 11.1 Å². The third kappa shape index (κ3) is 5.86. The summed E-state index contributed by atoms with van der Waals surface area (Å²) in [4.78, 5) is 3.99. The molecule has 2 aromatic rings. The average Bonchev–Trinajstić information content (AvgIpc) is 2.73. The van der Waals surface area contributed by atoms with Gasteiger partial charge in [0.1, 0.15) is 18.5 Å². The fourth-order valence-corrected chi connectivity index (χ4v) is 3.24. The van der Waals surface area contributed by atoms with E-state index in [4.69, 9.17) is 10.00 Å². The van der Waals surface area contributed by atoms with Crippen molar-refractivity contribution in [3.63, 3.8) is 0 Å². The molecule has 0 amide bonds. The maximum absolute atomic E-state index is 12.9. The summed E-state index contributed by atoms with van der Waals surface area (Å²) < 4.78 is 44.2.